The van der Waals surface area contributed by atoms with Gasteiger partial charge in [-0.05, 0) is 19.1 Å². The number of nitrogens with zero attached hydrogens (tertiary/aromatic N) is 3. The highest BCUT2D eigenvalue weighted by Crippen LogP contribution is 2.28. The van der Waals surface area contributed by atoms with Gasteiger partial charge in [0.25, 0.3) is 0 Å². The number of anilines is 1. The number of carbonyl (C=O) groups is 2. The minimum absolute atomic E-state index is 0.0392. The van der Waals surface area contributed by atoms with Crippen LogP contribution in [0.4, 0.5) is 5.69 Å². The van der Waals surface area contributed by atoms with Crippen LogP contribution >= 0.6 is 0 Å². The molecule has 1 aliphatic heterocycles. The van der Waals surface area contributed by atoms with E-state index in [1.165, 1.54) is 0 Å². The summed E-state index contributed by atoms with van der Waals surface area (Å²) >= 11 is 0. The zero-order valence-electron chi connectivity index (χ0n) is 14.4. The van der Waals surface area contributed by atoms with Crippen molar-refractivity contribution in [3.05, 3.63) is 43.0 Å². The summed E-state index contributed by atoms with van der Waals surface area (Å²) in [6.07, 6.45) is 5.50. The third-order valence-electron chi connectivity index (χ3n) is 4.29. The first-order valence-electron chi connectivity index (χ1n) is 8.27. The Hall–Kier alpha value is -2.83. The molecule has 132 valence electrons. The molecule has 7 nitrogen and oxygen atoms in total. The third kappa shape index (κ3) is 3.99. The van der Waals surface area contributed by atoms with E-state index in [-0.39, 0.29) is 30.2 Å². The molecule has 0 bridgehead atoms. The highest BCUT2D eigenvalue weighted by atomic mass is 16.5. The second kappa shape index (κ2) is 7.38. The lowest BCUT2D eigenvalue weighted by Crippen LogP contribution is -2.40. The van der Waals surface area contributed by atoms with Gasteiger partial charge in [-0.25, -0.2) is 4.98 Å². The number of amides is 2. The fraction of sp³-hybridized carbons (Fsp3) is 0.389. The van der Waals surface area contributed by atoms with Crippen molar-refractivity contribution in [2.75, 3.05) is 18.6 Å². The number of benzene rings is 1. The lowest BCUT2D eigenvalue weighted by Gasteiger charge is -2.19. The van der Waals surface area contributed by atoms with Gasteiger partial charge >= 0.3 is 0 Å². The van der Waals surface area contributed by atoms with Crippen molar-refractivity contribution in [3.63, 3.8) is 0 Å². The number of carbonyl (C=O) groups excluding carboxylic acids is 2. The highest BCUT2D eigenvalue weighted by molar-refractivity contribution is 6.00. The molecule has 3 rings (SSSR count). The number of aromatic nitrogens is 2. The predicted octanol–water partition coefficient (Wildman–Crippen LogP) is 1.45. The van der Waals surface area contributed by atoms with Crippen LogP contribution in [-0.4, -0.2) is 41.1 Å². The largest absolute Gasteiger partial charge is 0.497 e. The smallest absolute Gasteiger partial charge is 0.227 e. The van der Waals surface area contributed by atoms with Crippen LogP contribution in [0.25, 0.3) is 0 Å². The number of nitrogens with one attached hydrogen (secondary N) is 1. The number of hydrogen-bond donors (Lipinski definition) is 1. The van der Waals surface area contributed by atoms with Crippen LogP contribution in [0.15, 0.2) is 43.0 Å². The van der Waals surface area contributed by atoms with Crippen LogP contribution in [-0.2, 0) is 16.1 Å². The molecule has 2 heterocycles. The van der Waals surface area contributed by atoms with E-state index in [2.05, 4.69) is 10.3 Å². The summed E-state index contributed by atoms with van der Waals surface area (Å²) < 4.78 is 7.11. The summed E-state index contributed by atoms with van der Waals surface area (Å²) in [5.74, 6) is 0.207. The van der Waals surface area contributed by atoms with Gasteiger partial charge in [-0.2, -0.15) is 0 Å². The summed E-state index contributed by atoms with van der Waals surface area (Å²) in [5, 5.41) is 2.98. The first kappa shape index (κ1) is 17.0. The molecule has 0 radical (unpaired) electrons. The second-order valence-electron chi connectivity index (χ2n) is 6.28. The van der Waals surface area contributed by atoms with Crippen LogP contribution in [0, 0.1) is 5.92 Å². The lowest BCUT2D eigenvalue weighted by molar-refractivity contribution is -0.126. The molecule has 25 heavy (non-hydrogen) atoms. The van der Waals surface area contributed by atoms with E-state index in [4.69, 9.17) is 4.74 Å². The Morgan fingerprint density at radius 3 is 3.04 bits per heavy atom. The molecule has 0 spiro atoms. The molecule has 0 saturated carbocycles. The molecule has 2 aromatic rings. The van der Waals surface area contributed by atoms with Gasteiger partial charge < -0.3 is 19.5 Å². The van der Waals surface area contributed by atoms with E-state index in [0.29, 0.717) is 18.8 Å². The van der Waals surface area contributed by atoms with Gasteiger partial charge in [-0.3, -0.25) is 9.59 Å². The zero-order valence-corrected chi connectivity index (χ0v) is 14.4. The monoisotopic (exact) mass is 342 g/mol. The normalized spacial score (nSPS) is 18.2. The van der Waals surface area contributed by atoms with Gasteiger partial charge in [0, 0.05) is 49.7 Å². The van der Waals surface area contributed by atoms with Crippen molar-refractivity contribution in [1.29, 1.82) is 0 Å². The fourth-order valence-corrected chi connectivity index (χ4v) is 3.03. The molecule has 1 aliphatic rings. The Kier molecular flexibility index (Phi) is 5.02. The number of hydrogen-bond acceptors (Lipinski definition) is 4. The Morgan fingerprint density at radius 2 is 2.32 bits per heavy atom. The molecule has 0 unspecified atom stereocenters. The quantitative estimate of drug-likeness (QED) is 0.862. The van der Waals surface area contributed by atoms with Gasteiger partial charge in [0.05, 0.1) is 19.4 Å². The van der Waals surface area contributed by atoms with Crippen molar-refractivity contribution in [1.82, 2.24) is 14.9 Å². The fourth-order valence-electron chi connectivity index (χ4n) is 3.03. The molecular weight excluding hydrogens is 320 g/mol. The first-order valence-corrected chi connectivity index (χ1v) is 8.27. The van der Waals surface area contributed by atoms with E-state index in [9.17, 15) is 9.59 Å². The van der Waals surface area contributed by atoms with Gasteiger partial charge in [0.15, 0.2) is 0 Å². The van der Waals surface area contributed by atoms with E-state index in [1.807, 2.05) is 35.9 Å². The van der Waals surface area contributed by atoms with E-state index >= 15 is 0 Å². The van der Waals surface area contributed by atoms with Crippen molar-refractivity contribution in [2.24, 2.45) is 5.92 Å². The maximum Gasteiger partial charge on any atom is 0.227 e. The first-order chi connectivity index (χ1) is 12.1. The maximum atomic E-state index is 12.5. The Morgan fingerprint density at radius 1 is 1.48 bits per heavy atom. The Bertz CT molecular complexity index is 745. The number of methoxy groups -OCH3 is 1. The minimum atomic E-state index is -0.344. The van der Waals surface area contributed by atoms with Crippen molar-refractivity contribution >= 4 is 17.5 Å². The highest BCUT2D eigenvalue weighted by Gasteiger charge is 2.35. The minimum Gasteiger partial charge on any atom is -0.497 e. The summed E-state index contributed by atoms with van der Waals surface area (Å²) in [6.45, 7) is 2.97. The average molecular weight is 342 g/mol. The van der Waals surface area contributed by atoms with Crippen molar-refractivity contribution in [2.45, 2.75) is 25.9 Å². The van der Waals surface area contributed by atoms with Crippen LogP contribution in [0.5, 0.6) is 5.75 Å². The molecule has 1 aromatic heterocycles. The molecule has 7 heteroatoms. The standard InChI is InChI=1S/C18H22N4O3/c1-13(10-21-7-6-19-12-21)20-18(24)14-8-17(23)22(11-14)15-4-3-5-16(9-15)25-2/h3-7,9,12-14H,8,10-11H2,1-2H3,(H,20,24)/t13-,14-/m1/s1. The molecule has 1 N–H and O–H groups in total. The molecule has 0 aliphatic carbocycles. The number of rotatable bonds is 6. The summed E-state index contributed by atoms with van der Waals surface area (Å²) in [6, 6.07) is 7.28. The topological polar surface area (TPSA) is 76.5 Å². The second-order valence-corrected chi connectivity index (χ2v) is 6.28. The Labute approximate surface area is 146 Å². The Balaban J connectivity index is 1.60. The SMILES string of the molecule is COc1cccc(N2C[C@H](C(=O)N[C@H](C)Cn3ccnc3)CC2=O)c1. The lowest BCUT2D eigenvalue weighted by atomic mass is 10.1. The zero-order chi connectivity index (χ0) is 17.8. The number of ether oxygens (including phenoxy) is 1. The van der Waals surface area contributed by atoms with Crippen molar-refractivity contribution in [3.8, 4) is 5.75 Å². The molecular formula is C18H22N4O3. The van der Waals surface area contributed by atoms with Crippen LogP contribution < -0.4 is 15.0 Å². The summed E-state index contributed by atoms with van der Waals surface area (Å²) in [4.78, 5) is 30.4. The van der Waals surface area contributed by atoms with Crippen LogP contribution in [0.2, 0.25) is 0 Å². The molecule has 2 atom stereocenters. The molecule has 1 aromatic carbocycles. The van der Waals surface area contributed by atoms with E-state index in [0.717, 1.165) is 5.69 Å². The number of imidazole rings is 1. The van der Waals surface area contributed by atoms with Crippen LogP contribution in [0.3, 0.4) is 0 Å². The third-order valence-corrected chi connectivity index (χ3v) is 4.29. The summed E-state index contributed by atoms with van der Waals surface area (Å²) in [7, 11) is 1.59. The maximum absolute atomic E-state index is 12.5. The molecule has 1 saturated heterocycles. The molecule has 2 amide bonds. The average Bonchev–Trinajstić information content (AvgIpc) is 3.24. The van der Waals surface area contributed by atoms with Gasteiger partial charge in [0.2, 0.25) is 11.8 Å². The van der Waals surface area contributed by atoms with Crippen LogP contribution in [0.1, 0.15) is 13.3 Å². The van der Waals surface area contributed by atoms with Gasteiger partial charge in [-0.15, -0.1) is 0 Å². The predicted molar refractivity (Wildman–Crippen MR) is 93.3 cm³/mol. The van der Waals surface area contributed by atoms with E-state index in [1.54, 1.807) is 30.6 Å². The molecule has 1 fully saturated rings. The van der Waals surface area contributed by atoms with E-state index < -0.39 is 0 Å². The van der Waals surface area contributed by atoms with Gasteiger partial charge in [0.1, 0.15) is 5.75 Å². The van der Waals surface area contributed by atoms with Gasteiger partial charge in [-0.1, -0.05) is 6.07 Å². The summed E-state index contributed by atoms with van der Waals surface area (Å²) in [5.41, 5.74) is 0.756. The van der Waals surface area contributed by atoms with Crippen molar-refractivity contribution < 1.29 is 14.3 Å².